The van der Waals surface area contributed by atoms with Crippen LogP contribution in [0.15, 0.2) is 120 Å². The number of rotatable bonds is 3. The van der Waals surface area contributed by atoms with E-state index in [1.54, 1.807) is 10.4 Å². The van der Waals surface area contributed by atoms with Gasteiger partial charge in [0.05, 0.1) is 22.8 Å². The van der Waals surface area contributed by atoms with Crippen molar-refractivity contribution in [1.29, 1.82) is 0 Å². The molecule has 0 saturated carbocycles. The molecule has 0 spiro atoms. The zero-order valence-electron chi connectivity index (χ0n) is 44.6. The lowest BCUT2D eigenvalue weighted by Gasteiger charge is -2.43. The summed E-state index contributed by atoms with van der Waals surface area (Å²) in [4.78, 5) is 7.10. The van der Waals surface area contributed by atoms with Crippen molar-refractivity contribution >= 4 is 52.6 Å². The van der Waals surface area contributed by atoms with Crippen LogP contribution in [0.2, 0.25) is 0 Å². The van der Waals surface area contributed by atoms with E-state index >= 15 is 0 Å². The first-order chi connectivity index (χ1) is 32.2. The molecule has 0 bridgehead atoms. The molecule has 2 nitrogen and oxygen atoms in total. The maximum absolute atomic E-state index is 2.80. The molecule has 69 heavy (non-hydrogen) atoms. The number of thioether (sulfide) groups is 1. The van der Waals surface area contributed by atoms with Gasteiger partial charge in [-0.3, -0.25) is 0 Å². The van der Waals surface area contributed by atoms with Gasteiger partial charge in [0.2, 0.25) is 6.71 Å². The molecule has 1 fully saturated rings. The molecule has 2 atom stereocenters. The zero-order valence-corrected chi connectivity index (χ0v) is 45.4. The van der Waals surface area contributed by atoms with Crippen molar-refractivity contribution < 1.29 is 0 Å². The molecule has 11 rings (SSSR count). The molecule has 4 aliphatic heterocycles. The number of benzene rings is 6. The highest BCUT2D eigenvalue weighted by Crippen LogP contribution is 2.71. The minimum absolute atomic E-state index is 0.000833. The molecule has 0 aromatic heterocycles. The summed E-state index contributed by atoms with van der Waals surface area (Å²) in [5.74, 6) is 1.66. The quantitative estimate of drug-likeness (QED) is 0.163. The molecule has 4 heteroatoms. The van der Waals surface area contributed by atoms with Gasteiger partial charge in [-0.2, -0.15) is 0 Å². The van der Waals surface area contributed by atoms with Crippen molar-refractivity contribution in [3.05, 3.63) is 176 Å². The fourth-order valence-electron chi connectivity index (χ4n) is 12.4. The van der Waals surface area contributed by atoms with Crippen molar-refractivity contribution in [2.24, 2.45) is 0 Å². The summed E-state index contributed by atoms with van der Waals surface area (Å²) in [5.41, 5.74) is 24.9. The number of hydrogen-bond acceptors (Lipinski definition) is 3. The van der Waals surface area contributed by atoms with E-state index in [1.807, 2.05) is 0 Å². The maximum Gasteiger partial charge on any atom is 0.202 e. The second kappa shape index (κ2) is 15.3. The fourth-order valence-corrected chi connectivity index (χ4v) is 13.8. The van der Waals surface area contributed by atoms with Gasteiger partial charge in [-0.1, -0.05) is 178 Å². The van der Waals surface area contributed by atoms with Gasteiger partial charge in [0.25, 0.3) is 0 Å². The maximum atomic E-state index is 2.80. The predicted molar refractivity (Wildman–Crippen MR) is 301 cm³/mol. The first kappa shape index (κ1) is 46.5. The summed E-state index contributed by atoms with van der Waals surface area (Å²) < 4.78 is 0. The summed E-state index contributed by atoms with van der Waals surface area (Å²) in [7, 11) is 0. The summed E-state index contributed by atoms with van der Waals surface area (Å²) >= 11 is 2.13. The molecule has 6 aromatic carbocycles. The number of anilines is 5. The van der Waals surface area contributed by atoms with Crippen LogP contribution in [0.4, 0.5) is 28.4 Å². The summed E-state index contributed by atoms with van der Waals surface area (Å²) in [5, 5.41) is 0. The van der Waals surface area contributed by atoms with Crippen molar-refractivity contribution in [1.82, 2.24) is 0 Å². The van der Waals surface area contributed by atoms with Gasteiger partial charge in [0, 0.05) is 28.3 Å². The van der Waals surface area contributed by atoms with Crippen LogP contribution >= 0.6 is 11.8 Å². The Morgan fingerprint density at radius 1 is 0.493 bits per heavy atom. The largest absolute Gasteiger partial charge is 0.310 e. The van der Waals surface area contributed by atoms with Crippen LogP contribution in [-0.4, -0.2) is 6.71 Å². The molecule has 1 unspecified atom stereocenters. The molecule has 5 aliphatic rings. The number of hydrogen-bond donors (Lipinski definition) is 0. The first-order valence-electron chi connectivity index (χ1n) is 26.0. The third-order valence-electron chi connectivity index (χ3n) is 17.0. The Morgan fingerprint density at radius 2 is 1.03 bits per heavy atom. The zero-order chi connectivity index (χ0) is 49.1. The van der Waals surface area contributed by atoms with Crippen LogP contribution in [-0.2, 0) is 38.2 Å². The minimum Gasteiger partial charge on any atom is -0.310 e. The Morgan fingerprint density at radius 3 is 1.62 bits per heavy atom. The molecule has 0 radical (unpaired) electrons. The van der Waals surface area contributed by atoms with Gasteiger partial charge in [-0.05, 0) is 166 Å². The lowest BCUT2D eigenvalue weighted by molar-refractivity contribution is 0.331. The normalized spacial score (nSPS) is 20.0. The molecular formula is C65H75BN2S. The van der Waals surface area contributed by atoms with E-state index in [0.717, 1.165) is 5.75 Å². The van der Waals surface area contributed by atoms with Crippen LogP contribution < -0.4 is 9.80 Å². The number of fused-ring (bicyclic) bond motifs is 7. The van der Waals surface area contributed by atoms with Crippen LogP contribution in [0.1, 0.15) is 191 Å². The second-order valence-corrected chi connectivity index (χ2v) is 27.9. The summed E-state index contributed by atoms with van der Waals surface area (Å²) in [6.45, 7) is 38.8. The molecule has 0 amide bonds. The molecule has 354 valence electrons. The van der Waals surface area contributed by atoms with E-state index in [-0.39, 0.29) is 32.5 Å². The van der Waals surface area contributed by atoms with Gasteiger partial charge in [0.1, 0.15) is 0 Å². The highest BCUT2D eigenvalue weighted by molar-refractivity contribution is 8.04. The van der Waals surface area contributed by atoms with Gasteiger partial charge >= 0.3 is 0 Å². The molecular weight excluding hydrogens is 852 g/mol. The summed E-state index contributed by atoms with van der Waals surface area (Å²) in [6, 6.07) is 46.5. The smallest absolute Gasteiger partial charge is 0.202 e. The Bertz CT molecular complexity index is 3100. The van der Waals surface area contributed by atoms with Crippen molar-refractivity contribution in [2.45, 2.75) is 173 Å². The average Bonchev–Trinajstić information content (AvgIpc) is 4.04. The first-order valence-corrected chi connectivity index (χ1v) is 27.0. The Balaban J connectivity index is 1.31. The van der Waals surface area contributed by atoms with Crippen molar-refractivity contribution in [3.63, 3.8) is 0 Å². The molecule has 1 aliphatic carbocycles. The fraction of sp³-hybridized carbons (Fsp3) is 0.415. The van der Waals surface area contributed by atoms with Gasteiger partial charge in [0.15, 0.2) is 0 Å². The highest BCUT2D eigenvalue weighted by atomic mass is 32.2. The van der Waals surface area contributed by atoms with Crippen LogP contribution in [0.5, 0.6) is 0 Å². The minimum atomic E-state index is -0.126. The third-order valence-corrected chi connectivity index (χ3v) is 18.2. The van der Waals surface area contributed by atoms with E-state index in [4.69, 9.17) is 0 Å². The molecule has 0 N–H and O–H groups in total. The van der Waals surface area contributed by atoms with Crippen molar-refractivity contribution in [3.8, 4) is 11.1 Å². The lowest BCUT2D eigenvalue weighted by Crippen LogP contribution is -2.34. The standard InChI is InChI=1S/C65H75BN2S/c1-60(2,3)41-24-27-45(28-25-41)67-52-37-50-49(64(13,14)30-31-65(50,15)16)36-48(52)56-57-55-53(67)34-44(63(10,11)12)35-54(55)68(51-29-26-43(62(7,8)9)32-46(51)39-20-18-17-19-21-39)58-47-33-42(61(4,5)6)23-22-40(47)38-69-59(58)66(56)57/h17-29,32-37,56-57H,30-31,38H2,1-16H3/t56-,57?/m0/s1. The Kier molecular flexibility index (Phi) is 10.3. The monoisotopic (exact) mass is 927 g/mol. The van der Waals surface area contributed by atoms with Crippen molar-refractivity contribution in [2.75, 3.05) is 9.80 Å². The Hall–Kier alpha value is -4.93. The highest BCUT2D eigenvalue weighted by Gasteiger charge is 2.64. The third kappa shape index (κ3) is 7.50. The molecule has 1 saturated heterocycles. The van der Waals surface area contributed by atoms with Gasteiger partial charge in [-0.25, -0.2) is 0 Å². The van der Waals surface area contributed by atoms with Crippen LogP contribution in [0, 0.1) is 0 Å². The topological polar surface area (TPSA) is 6.48 Å². The van der Waals surface area contributed by atoms with Gasteiger partial charge < -0.3 is 9.80 Å². The van der Waals surface area contributed by atoms with Crippen LogP contribution in [0.25, 0.3) is 16.8 Å². The van der Waals surface area contributed by atoms with E-state index in [0.29, 0.717) is 18.3 Å². The van der Waals surface area contributed by atoms with E-state index in [1.165, 1.54) is 108 Å². The molecule has 4 heterocycles. The Labute approximate surface area is 420 Å². The van der Waals surface area contributed by atoms with E-state index < -0.39 is 0 Å². The van der Waals surface area contributed by atoms with Gasteiger partial charge in [-0.15, -0.1) is 11.8 Å². The average molecular weight is 927 g/mol. The van der Waals surface area contributed by atoms with Crippen LogP contribution in [0.3, 0.4) is 0 Å². The summed E-state index contributed by atoms with van der Waals surface area (Å²) in [6.07, 6.45) is 2.39. The van der Waals surface area contributed by atoms with E-state index in [9.17, 15) is 0 Å². The van der Waals surface area contributed by atoms with E-state index in [2.05, 4.69) is 248 Å². The predicted octanol–water partition coefficient (Wildman–Crippen LogP) is 18.4. The SMILES string of the molecule is CC(C)(C)c1ccc(N2c3cc4c(cc3[C@@H]3B5C6=C(c7cc(C(C)(C)C)ccc7CS6)N(c6ccc(C(C)(C)C)cc6-c6ccccc6)c6cc(C(C)(C)C)cc2c6C53)C(C)(C)CCC4(C)C)cc1. The second-order valence-electron chi connectivity index (χ2n) is 26.9. The lowest BCUT2D eigenvalue weighted by atomic mass is 9.59. The molecule has 6 aromatic rings. The number of nitrogens with zero attached hydrogens (tertiary/aromatic N) is 2.